The van der Waals surface area contributed by atoms with Crippen molar-refractivity contribution in [1.29, 1.82) is 0 Å². The van der Waals surface area contributed by atoms with E-state index in [9.17, 15) is 4.79 Å². The van der Waals surface area contributed by atoms with Gasteiger partial charge in [0.1, 0.15) is 0 Å². The minimum atomic E-state index is -0.0776. The molecule has 4 nitrogen and oxygen atoms in total. The number of amides is 1. The summed E-state index contributed by atoms with van der Waals surface area (Å²) >= 11 is 0. The van der Waals surface area contributed by atoms with Gasteiger partial charge in [0.05, 0.1) is 6.04 Å². The molecule has 1 amide bonds. The Morgan fingerprint density at radius 3 is 2.38 bits per heavy atom. The molecule has 1 N–H and O–H groups in total. The fourth-order valence-electron chi connectivity index (χ4n) is 2.38. The molecular formula is C17H21N3O. The van der Waals surface area contributed by atoms with Crippen LogP contribution in [0.4, 0.5) is 0 Å². The lowest BCUT2D eigenvalue weighted by Gasteiger charge is -2.22. The van der Waals surface area contributed by atoms with Crippen molar-refractivity contribution >= 4 is 5.91 Å². The fraction of sp³-hybridized carbons (Fsp3) is 0.353. The van der Waals surface area contributed by atoms with Crippen molar-refractivity contribution < 1.29 is 4.79 Å². The van der Waals surface area contributed by atoms with Crippen molar-refractivity contribution in [3.63, 3.8) is 0 Å². The number of rotatable bonds is 4. The van der Waals surface area contributed by atoms with E-state index < -0.39 is 0 Å². The molecule has 0 bridgehead atoms. The number of carbonyl (C=O) groups excluding carboxylic acids is 1. The van der Waals surface area contributed by atoms with Gasteiger partial charge < -0.3 is 5.32 Å². The van der Waals surface area contributed by atoms with E-state index in [0.29, 0.717) is 5.56 Å². The highest BCUT2D eigenvalue weighted by Gasteiger charge is 2.19. The molecule has 0 aliphatic rings. The maximum atomic E-state index is 12.5. The van der Waals surface area contributed by atoms with Crippen LogP contribution >= 0.6 is 0 Å². The van der Waals surface area contributed by atoms with E-state index in [4.69, 9.17) is 0 Å². The molecule has 2 aromatic rings. The van der Waals surface area contributed by atoms with E-state index >= 15 is 0 Å². The van der Waals surface area contributed by atoms with Gasteiger partial charge >= 0.3 is 0 Å². The summed E-state index contributed by atoms with van der Waals surface area (Å²) in [5.74, 6) is 0.202. The monoisotopic (exact) mass is 283 g/mol. The second kappa shape index (κ2) is 6.48. The predicted octanol–water partition coefficient (Wildman–Crippen LogP) is 3.22. The molecule has 0 saturated carbocycles. The van der Waals surface area contributed by atoms with Crippen LogP contribution in [0.15, 0.2) is 36.7 Å². The molecule has 21 heavy (non-hydrogen) atoms. The molecule has 4 heteroatoms. The van der Waals surface area contributed by atoms with Gasteiger partial charge in [0.15, 0.2) is 0 Å². The normalized spacial score (nSPS) is 12.2. The number of hydrogen-bond donors (Lipinski definition) is 1. The third-order valence-electron chi connectivity index (χ3n) is 3.34. The molecule has 110 valence electrons. The first kappa shape index (κ1) is 15.2. The molecule has 0 radical (unpaired) electrons. The average Bonchev–Trinajstić information content (AvgIpc) is 2.44. The third kappa shape index (κ3) is 3.88. The quantitative estimate of drug-likeness (QED) is 0.937. The van der Waals surface area contributed by atoms with Gasteiger partial charge in [-0.15, -0.1) is 0 Å². The summed E-state index contributed by atoms with van der Waals surface area (Å²) in [7, 11) is 0. The Morgan fingerprint density at radius 2 is 1.86 bits per heavy atom. The van der Waals surface area contributed by atoms with Crippen LogP contribution in [0.25, 0.3) is 0 Å². The van der Waals surface area contributed by atoms with E-state index in [-0.39, 0.29) is 17.9 Å². The smallest absolute Gasteiger partial charge is 0.251 e. The largest absolute Gasteiger partial charge is 0.345 e. The Bertz CT molecular complexity index is 603. The lowest BCUT2D eigenvalue weighted by molar-refractivity contribution is 0.0925. The number of nitrogens with zero attached hydrogens (tertiary/aromatic N) is 2. The van der Waals surface area contributed by atoms with Crippen molar-refractivity contribution in [2.24, 2.45) is 5.92 Å². The average molecular weight is 283 g/mol. The van der Waals surface area contributed by atoms with Crippen molar-refractivity contribution in [2.75, 3.05) is 0 Å². The van der Waals surface area contributed by atoms with Gasteiger partial charge in [0.25, 0.3) is 5.91 Å². The maximum absolute atomic E-state index is 12.5. The first-order chi connectivity index (χ1) is 9.97. The topological polar surface area (TPSA) is 54.9 Å². The van der Waals surface area contributed by atoms with Gasteiger partial charge in [-0.05, 0) is 43.5 Å². The molecular weight excluding hydrogens is 262 g/mol. The van der Waals surface area contributed by atoms with Crippen LogP contribution in [-0.2, 0) is 0 Å². The molecule has 0 aromatic carbocycles. The van der Waals surface area contributed by atoms with E-state index in [1.165, 1.54) is 0 Å². The summed E-state index contributed by atoms with van der Waals surface area (Å²) in [5.41, 5.74) is 3.36. The zero-order chi connectivity index (χ0) is 15.4. The van der Waals surface area contributed by atoms with Crippen LogP contribution in [0.3, 0.4) is 0 Å². The van der Waals surface area contributed by atoms with Crippen molar-refractivity contribution in [3.05, 3.63) is 59.2 Å². The Morgan fingerprint density at radius 1 is 1.19 bits per heavy atom. The summed E-state index contributed by atoms with van der Waals surface area (Å²) in [6.07, 6.45) is 3.53. The van der Waals surface area contributed by atoms with Gasteiger partial charge in [-0.1, -0.05) is 19.9 Å². The minimum absolute atomic E-state index is 0.0556. The molecule has 0 spiro atoms. The molecule has 2 aromatic heterocycles. The molecule has 0 unspecified atom stereocenters. The van der Waals surface area contributed by atoms with Crippen molar-refractivity contribution in [3.8, 4) is 0 Å². The number of aromatic nitrogens is 2. The van der Waals surface area contributed by atoms with Crippen LogP contribution in [0.5, 0.6) is 0 Å². The highest BCUT2D eigenvalue weighted by Crippen LogP contribution is 2.21. The standard InChI is InChI=1S/C17H21N3O/c1-11(2)16(14-6-5-7-18-10-14)20-17(21)15-8-12(3)19-13(4)9-15/h5-11,16H,1-4H3,(H,20,21)/t16-/m1/s1. The van der Waals surface area contributed by atoms with Crippen molar-refractivity contribution in [1.82, 2.24) is 15.3 Å². The van der Waals surface area contributed by atoms with Gasteiger partial charge in [-0.25, -0.2) is 0 Å². The van der Waals surface area contributed by atoms with Crippen LogP contribution in [0, 0.1) is 19.8 Å². The van der Waals surface area contributed by atoms with Crippen molar-refractivity contribution in [2.45, 2.75) is 33.7 Å². The van der Waals surface area contributed by atoms with Crippen LogP contribution < -0.4 is 5.32 Å². The number of hydrogen-bond acceptors (Lipinski definition) is 3. The van der Waals surface area contributed by atoms with E-state index in [2.05, 4.69) is 29.1 Å². The van der Waals surface area contributed by atoms with E-state index in [1.54, 1.807) is 12.4 Å². The van der Waals surface area contributed by atoms with Crippen LogP contribution in [0.1, 0.15) is 47.2 Å². The number of nitrogens with one attached hydrogen (secondary N) is 1. The minimum Gasteiger partial charge on any atom is -0.345 e. The van der Waals surface area contributed by atoms with Gasteiger partial charge in [-0.3, -0.25) is 14.8 Å². The predicted molar refractivity (Wildman–Crippen MR) is 83.0 cm³/mol. The summed E-state index contributed by atoms with van der Waals surface area (Å²) in [5, 5.41) is 3.10. The Balaban J connectivity index is 2.23. The Hall–Kier alpha value is -2.23. The van der Waals surface area contributed by atoms with Gasteiger partial charge in [0, 0.05) is 29.3 Å². The second-order valence-corrected chi connectivity index (χ2v) is 5.62. The fourth-order valence-corrected chi connectivity index (χ4v) is 2.38. The summed E-state index contributed by atoms with van der Waals surface area (Å²) in [6.45, 7) is 7.96. The highest BCUT2D eigenvalue weighted by atomic mass is 16.1. The van der Waals surface area contributed by atoms with E-state index in [0.717, 1.165) is 17.0 Å². The zero-order valence-corrected chi connectivity index (χ0v) is 12.9. The lowest BCUT2D eigenvalue weighted by atomic mass is 9.97. The first-order valence-corrected chi connectivity index (χ1v) is 7.13. The Labute approximate surface area is 125 Å². The molecule has 0 aliphatic heterocycles. The summed E-state index contributed by atoms with van der Waals surface area (Å²) in [4.78, 5) is 20.9. The first-order valence-electron chi connectivity index (χ1n) is 7.13. The van der Waals surface area contributed by atoms with E-state index in [1.807, 2.05) is 38.1 Å². The summed E-state index contributed by atoms with van der Waals surface area (Å²) < 4.78 is 0. The Kier molecular flexibility index (Phi) is 4.68. The highest BCUT2D eigenvalue weighted by molar-refractivity contribution is 5.94. The number of aryl methyl sites for hydroxylation is 2. The molecule has 0 saturated heterocycles. The number of pyridine rings is 2. The molecule has 1 atom stereocenters. The summed E-state index contributed by atoms with van der Waals surface area (Å²) in [6, 6.07) is 7.44. The molecule has 2 rings (SSSR count). The van der Waals surface area contributed by atoms with Crippen LogP contribution in [-0.4, -0.2) is 15.9 Å². The molecule has 2 heterocycles. The SMILES string of the molecule is Cc1cc(C(=O)N[C@@H](c2cccnc2)C(C)C)cc(C)n1. The lowest BCUT2D eigenvalue weighted by Crippen LogP contribution is -2.32. The third-order valence-corrected chi connectivity index (χ3v) is 3.34. The molecule has 0 fully saturated rings. The molecule has 0 aliphatic carbocycles. The van der Waals surface area contributed by atoms with Gasteiger partial charge in [-0.2, -0.15) is 0 Å². The number of carbonyl (C=O) groups is 1. The van der Waals surface area contributed by atoms with Crippen LogP contribution in [0.2, 0.25) is 0 Å². The zero-order valence-electron chi connectivity index (χ0n) is 12.9. The maximum Gasteiger partial charge on any atom is 0.251 e. The second-order valence-electron chi connectivity index (χ2n) is 5.62. The van der Waals surface area contributed by atoms with Gasteiger partial charge in [0.2, 0.25) is 0 Å².